The Morgan fingerprint density at radius 1 is 1.30 bits per heavy atom. The molecule has 1 aromatic carbocycles. The predicted octanol–water partition coefficient (Wildman–Crippen LogP) is 2.44. The van der Waals surface area contributed by atoms with Crippen molar-refractivity contribution in [2.24, 2.45) is 5.16 Å². The zero-order valence-electron chi connectivity index (χ0n) is 12.9. The lowest BCUT2D eigenvalue weighted by Gasteiger charge is -2.11. The summed E-state index contributed by atoms with van der Waals surface area (Å²) in [6.45, 7) is -0.201. The molecule has 0 atom stereocenters. The maximum Gasteiger partial charge on any atom is 0.265 e. The molecule has 1 aromatic heterocycles. The van der Waals surface area contributed by atoms with Crippen LogP contribution in [0, 0.1) is 0 Å². The monoisotopic (exact) mass is 331 g/mol. The van der Waals surface area contributed by atoms with Gasteiger partial charge in [0, 0.05) is 30.2 Å². The fraction of sp³-hybridized carbons (Fsp3) is 0.188. The Morgan fingerprint density at radius 3 is 2.83 bits per heavy atom. The highest BCUT2D eigenvalue weighted by Crippen LogP contribution is 2.12. The third-order valence-corrected chi connectivity index (χ3v) is 3.60. The van der Waals surface area contributed by atoms with Crippen LogP contribution in [-0.2, 0) is 9.63 Å². The molecule has 0 radical (unpaired) electrons. The van der Waals surface area contributed by atoms with Gasteiger partial charge in [-0.2, -0.15) is 0 Å². The van der Waals surface area contributed by atoms with E-state index >= 15 is 0 Å². The Hall–Kier alpha value is -2.67. The largest absolute Gasteiger partial charge is 0.386 e. The van der Waals surface area contributed by atoms with Crippen molar-refractivity contribution in [3.8, 4) is 0 Å². The zero-order valence-corrected chi connectivity index (χ0v) is 13.7. The molecule has 2 aromatic rings. The third kappa shape index (κ3) is 5.23. The number of hydrogen-bond acceptors (Lipinski definition) is 5. The molecule has 1 N–H and O–H groups in total. The summed E-state index contributed by atoms with van der Waals surface area (Å²) in [5, 5.41) is 8.32. The van der Waals surface area contributed by atoms with Crippen molar-refractivity contribution in [3.63, 3.8) is 0 Å². The number of amides is 2. The van der Waals surface area contributed by atoms with Gasteiger partial charge in [0.15, 0.2) is 6.61 Å². The van der Waals surface area contributed by atoms with Gasteiger partial charge in [0.25, 0.3) is 11.8 Å². The molecule has 0 bridgehead atoms. The normalized spacial score (nSPS) is 10.5. The molecule has 0 aliphatic rings. The van der Waals surface area contributed by atoms with Crippen LogP contribution in [0.5, 0.6) is 0 Å². The summed E-state index contributed by atoms with van der Waals surface area (Å²) in [6, 6.07) is 10.5. The Balaban J connectivity index is 1.85. The molecule has 0 unspecified atom stereocenters. The van der Waals surface area contributed by atoms with E-state index < -0.39 is 0 Å². The van der Waals surface area contributed by atoms with Gasteiger partial charge in [0.1, 0.15) is 0 Å². The van der Waals surface area contributed by atoms with Crippen molar-refractivity contribution in [3.05, 3.63) is 52.2 Å². The second-order valence-electron chi connectivity index (χ2n) is 4.85. The highest BCUT2D eigenvalue weighted by Gasteiger charge is 2.09. The SMILES string of the molecule is CN(C)C(=O)c1cccc(NC(=O)CO/N=C/c2cccs2)c1. The molecule has 6 nitrogen and oxygen atoms in total. The Labute approximate surface area is 138 Å². The van der Waals surface area contributed by atoms with Gasteiger partial charge in [-0.3, -0.25) is 9.59 Å². The molecular weight excluding hydrogens is 314 g/mol. The van der Waals surface area contributed by atoms with Gasteiger partial charge in [-0.1, -0.05) is 17.3 Å². The minimum atomic E-state index is -0.345. The average molecular weight is 331 g/mol. The third-order valence-electron chi connectivity index (χ3n) is 2.79. The summed E-state index contributed by atoms with van der Waals surface area (Å²) < 4.78 is 0. The van der Waals surface area contributed by atoms with Crippen LogP contribution in [0.4, 0.5) is 5.69 Å². The molecule has 120 valence electrons. The summed E-state index contributed by atoms with van der Waals surface area (Å²) in [4.78, 5) is 31.0. The maximum atomic E-state index is 11.9. The van der Waals surface area contributed by atoms with Gasteiger partial charge in [-0.05, 0) is 29.6 Å². The van der Waals surface area contributed by atoms with Crippen molar-refractivity contribution >= 4 is 35.1 Å². The van der Waals surface area contributed by atoms with Gasteiger partial charge in [-0.15, -0.1) is 11.3 Å². The van der Waals surface area contributed by atoms with Crippen molar-refractivity contribution in [2.45, 2.75) is 0 Å². The Bertz CT molecular complexity index is 696. The predicted molar refractivity (Wildman–Crippen MR) is 91.0 cm³/mol. The van der Waals surface area contributed by atoms with Crippen molar-refractivity contribution in [1.29, 1.82) is 0 Å². The molecule has 2 rings (SSSR count). The van der Waals surface area contributed by atoms with Gasteiger partial charge >= 0.3 is 0 Å². The van der Waals surface area contributed by atoms with Crippen LogP contribution in [0.1, 0.15) is 15.2 Å². The smallest absolute Gasteiger partial charge is 0.265 e. The summed E-state index contributed by atoms with van der Waals surface area (Å²) in [5.41, 5.74) is 1.04. The first-order chi connectivity index (χ1) is 11.1. The number of rotatable bonds is 6. The van der Waals surface area contributed by atoms with Crippen molar-refractivity contribution in [1.82, 2.24) is 4.90 Å². The fourth-order valence-corrected chi connectivity index (χ4v) is 2.31. The molecule has 0 saturated carbocycles. The summed E-state index contributed by atoms with van der Waals surface area (Å²) >= 11 is 1.53. The van der Waals surface area contributed by atoms with Gasteiger partial charge < -0.3 is 15.1 Å². The van der Waals surface area contributed by atoms with Crippen LogP contribution >= 0.6 is 11.3 Å². The average Bonchev–Trinajstić information content (AvgIpc) is 3.04. The van der Waals surface area contributed by atoms with Gasteiger partial charge in [0.2, 0.25) is 0 Å². The van der Waals surface area contributed by atoms with E-state index in [-0.39, 0.29) is 18.4 Å². The molecule has 0 spiro atoms. The van der Waals surface area contributed by atoms with Crippen LogP contribution in [-0.4, -0.2) is 43.6 Å². The number of nitrogens with one attached hydrogen (secondary N) is 1. The van der Waals surface area contributed by atoms with E-state index in [1.165, 1.54) is 16.2 Å². The number of benzene rings is 1. The first-order valence-corrected chi connectivity index (χ1v) is 7.74. The minimum Gasteiger partial charge on any atom is -0.386 e. The highest BCUT2D eigenvalue weighted by atomic mass is 32.1. The van der Waals surface area contributed by atoms with E-state index in [0.717, 1.165) is 4.88 Å². The highest BCUT2D eigenvalue weighted by molar-refractivity contribution is 7.11. The lowest BCUT2D eigenvalue weighted by atomic mass is 10.2. The summed E-state index contributed by atoms with van der Waals surface area (Å²) in [7, 11) is 3.35. The van der Waals surface area contributed by atoms with Crippen LogP contribution in [0.2, 0.25) is 0 Å². The molecule has 0 aliphatic heterocycles. The minimum absolute atomic E-state index is 0.127. The number of nitrogens with zero attached hydrogens (tertiary/aromatic N) is 2. The van der Waals surface area contributed by atoms with E-state index in [9.17, 15) is 9.59 Å². The molecule has 0 saturated heterocycles. The van der Waals surface area contributed by atoms with E-state index in [2.05, 4.69) is 10.5 Å². The van der Waals surface area contributed by atoms with E-state index in [1.54, 1.807) is 44.6 Å². The van der Waals surface area contributed by atoms with Crippen molar-refractivity contribution < 1.29 is 14.4 Å². The van der Waals surface area contributed by atoms with E-state index in [1.807, 2.05) is 17.5 Å². The molecule has 23 heavy (non-hydrogen) atoms. The lowest BCUT2D eigenvalue weighted by Crippen LogP contribution is -2.22. The number of oxime groups is 1. The quantitative estimate of drug-likeness (QED) is 0.653. The van der Waals surface area contributed by atoms with Gasteiger partial charge in [-0.25, -0.2) is 0 Å². The molecule has 0 fully saturated rings. The number of thiophene rings is 1. The summed E-state index contributed by atoms with van der Waals surface area (Å²) in [5.74, 6) is -0.472. The first kappa shape index (κ1) is 16.7. The van der Waals surface area contributed by atoms with E-state index in [0.29, 0.717) is 11.3 Å². The topological polar surface area (TPSA) is 71.0 Å². The Morgan fingerprint density at radius 2 is 2.13 bits per heavy atom. The molecule has 7 heteroatoms. The standard InChI is InChI=1S/C16H17N3O3S/c1-19(2)16(21)12-5-3-6-13(9-12)18-15(20)11-22-17-10-14-7-4-8-23-14/h3-10H,11H2,1-2H3,(H,18,20)/b17-10+. The Kier molecular flexibility index (Phi) is 5.87. The molecule has 2 amide bonds. The molecule has 1 heterocycles. The molecule has 0 aliphatic carbocycles. The van der Waals surface area contributed by atoms with Crippen LogP contribution in [0.15, 0.2) is 46.9 Å². The van der Waals surface area contributed by atoms with Crippen LogP contribution < -0.4 is 5.32 Å². The summed E-state index contributed by atoms with van der Waals surface area (Å²) in [6.07, 6.45) is 1.55. The molecular formula is C16H17N3O3S. The second kappa shape index (κ2) is 8.09. The lowest BCUT2D eigenvalue weighted by molar-refractivity contribution is -0.120. The maximum absolute atomic E-state index is 11.9. The van der Waals surface area contributed by atoms with Crippen LogP contribution in [0.3, 0.4) is 0 Å². The number of carbonyl (C=O) groups excluding carboxylic acids is 2. The fourth-order valence-electron chi connectivity index (χ4n) is 1.74. The number of hydrogen-bond donors (Lipinski definition) is 1. The second-order valence-corrected chi connectivity index (χ2v) is 5.83. The van der Waals surface area contributed by atoms with Crippen molar-refractivity contribution in [2.75, 3.05) is 26.0 Å². The van der Waals surface area contributed by atoms with E-state index in [4.69, 9.17) is 4.84 Å². The number of carbonyl (C=O) groups is 2. The number of anilines is 1. The first-order valence-electron chi connectivity index (χ1n) is 6.86. The van der Waals surface area contributed by atoms with Crippen LogP contribution in [0.25, 0.3) is 0 Å². The zero-order chi connectivity index (χ0) is 16.7. The van der Waals surface area contributed by atoms with Gasteiger partial charge in [0.05, 0.1) is 6.21 Å².